The van der Waals surface area contributed by atoms with Gasteiger partial charge >= 0.3 is 0 Å². The van der Waals surface area contributed by atoms with Gasteiger partial charge in [-0.2, -0.15) is 0 Å². The highest BCUT2D eigenvalue weighted by Gasteiger charge is 2.24. The molecule has 0 spiro atoms. The van der Waals surface area contributed by atoms with E-state index in [1.54, 1.807) is 36.5 Å². The summed E-state index contributed by atoms with van der Waals surface area (Å²) in [5.41, 5.74) is 2.77. The quantitative estimate of drug-likeness (QED) is 0.303. The van der Waals surface area contributed by atoms with Crippen LogP contribution in [0.2, 0.25) is 10.0 Å². The number of hydrogen-bond donors (Lipinski definition) is 1. The number of nitrogens with one attached hydrogen (secondary N) is 1. The molecule has 0 radical (unpaired) electrons. The zero-order valence-electron chi connectivity index (χ0n) is 20.8. The number of nitrogens with zero attached hydrogens (tertiary/aromatic N) is 5. The summed E-state index contributed by atoms with van der Waals surface area (Å²) in [7, 11) is 0. The fourth-order valence-electron chi connectivity index (χ4n) is 4.42. The fourth-order valence-corrected chi connectivity index (χ4v) is 4.99. The van der Waals surface area contributed by atoms with E-state index in [4.69, 9.17) is 23.2 Å². The van der Waals surface area contributed by atoms with Crippen LogP contribution in [0.25, 0.3) is 5.65 Å². The van der Waals surface area contributed by atoms with Gasteiger partial charge in [-0.1, -0.05) is 35.3 Å². The maximum atomic E-state index is 13.2. The van der Waals surface area contributed by atoms with E-state index in [1.807, 2.05) is 40.6 Å². The van der Waals surface area contributed by atoms with E-state index in [0.717, 1.165) is 30.3 Å². The summed E-state index contributed by atoms with van der Waals surface area (Å²) in [4.78, 5) is 39.2. The van der Waals surface area contributed by atoms with Crippen LogP contribution in [0.1, 0.15) is 21.7 Å². The summed E-state index contributed by atoms with van der Waals surface area (Å²) in [5, 5.41) is 3.39. The van der Waals surface area contributed by atoms with Crippen LogP contribution in [0, 0.1) is 6.92 Å². The van der Waals surface area contributed by atoms with Crippen LogP contribution in [-0.2, 0) is 11.2 Å². The number of carbonyl (C=O) groups is 2. The van der Waals surface area contributed by atoms with Gasteiger partial charge in [0.2, 0.25) is 5.91 Å². The second kappa shape index (κ2) is 14.1. The molecule has 1 N–H and O–H groups in total. The summed E-state index contributed by atoms with van der Waals surface area (Å²) in [5.74, 6) is 0.537. The molecule has 1 aliphatic heterocycles. The first-order valence-electron chi connectivity index (χ1n) is 11.6. The van der Waals surface area contributed by atoms with Gasteiger partial charge in [-0.25, -0.2) is 9.97 Å². The van der Waals surface area contributed by atoms with E-state index < -0.39 is 5.91 Å². The third-order valence-corrected chi connectivity index (χ3v) is 6.94. The molecule has 0 aliphatic carbocycles. The van der Waals surface area contributed by atoms with Gasteiger partial charge in [-0.15, -0.1) is 37.2 Å². The SMILES string of the molecule is Cc1nc2c(NC(=O)c3c(Cl)cccc3Cl)cccn2c1CC(=O)N1CCN(c2ccccn2)CC1.Cl.Cl.Cl. The van der Waals surface area contributed by atoms with Gasteiger partial charge in [0.15, 0.2) is 5.65 Å². The van der Waals surface area contributed by atoms with Gasteiger partial charge in [-0.05, 0) is 43.3 Å². The molecule has 3 aromatic heterocycles. The highest BCUT2D eigenvalue weighted by atomic mass is 35.5. The number of anilines is 2. The number of imidazole rings is 1. The summed E-state index contributed by atoms with van der Waals surface area (Å²) in [6.45, 7) is 4.59. The number of benzene rings is 1. The lowest BCUT2D eigenvalue weighted by Gasteiger charge is -2.35. The molecule has 208 valence electrons. The van der Waals surface area contributed by atoms with Crippen LogP contribution in [0.15, 0.2) is 60.9 Å². The average molecular weight is 633 g/mol. The number of pyridine rings is 2. The van der Waals surface area contributed by atoms with Crippen molar-refractivity contribution < 1.29 is 9.59 Å². The Balaban J connectivity index is 0.00000178. The maximum absolute atomic E-state index is 13.2. The van der Waals surface area contributed by atoms with Crippen molar-refractivity contribution in [3.05, 3.63) is 87.9 Å². The van der Waals surface area contributed by atoms with Crippen LogP contribution in [0.4, 0.5) is 11.5 Å². The zero-order chi connectivity index (χ0) is 25.2. The molecule has 2 amide bonds. The summed E-state index contributed by atoms with van der Waals surface area (Å²) >= 11 is 12.4. The Bertz CT molecular complexity index is 1420. The Kier molecular flexibility index (Phi) is 11.7. The molecule has 0 bridgehead atoms. The molecule has 1 aliphatic rings. The van der Waals surface area contributed by atoms with Crippen LogP contribution in [-0.4, -0.2) is 57.3 Å². The van der Waals surface area contributed by atoms with E-state index >= 15 is 0 Å². The molecule has 1 fully saturated rings. The third kappa shape index (κ3) is 6.88. The number of aromatic nitrogens is 3. The fraction of sp³-hybridized carbons (Fsp3) is 0.231. The summed E-state index contributed by atoms with van der Waals surface area (Å²) in [6, 6.07) is 14.3. The lowest BCUT2D eigenvalue weighted by atomic mass is 10.2. The number of fused-ring (bicyclic) bond motifs is 1. The monoisotopic (exact) mass is 630 g/mol. The zero-order valence-corrected chi connectivity index (χ0v) is 24.8. The van der Waals surface area contributed by atoms with Crippen molar-refractivity contribution in [3.63, 3.8) is 0 Å². The molecule has 5 rings (SSSR count). The Hall–Kier alpha value is -2.75. The van der Waals surface area contributed by atoms with E-state index in [1.165, 1.54) is 0 Å². The predicted molar refractivity (Wildman–Crippen MR) is 163 cm³/mol. The van der Waals surface area contributed by atoms with Crippen LogP contribution in [0.5, 0.6) is 0 Å². The lowest BCUT2D eigenvalue weighted by molar-refractivity contribution is -0.130. The molecule has 8 nitrogen and oxygen atoms in total. The van der Waals surface area contributed by atoms with Crippen molar-refractivity contribution in [1.29, 1.82) is 0 Å². The predicted octanol–water partition coefficient (Wildman–Crippen LogP) is 5.75. The van der Waals surface area contributed by atoms with Crippen molar-refractivity contribution in [2.24, 2.45) is 0 Å². The van der Waals surface area contributed by atoms with Gasteiger partial charge in [0.25, 0.3) is 5.91 Å². The minimum Gasteiger partial charge on any atom is -0.353 e. The molecule has 0 unspecified atom stereocenters. The second-order valence-corrected chi connectivity index (χ2v) is 9.36. The highest BCUT2D eigenvalue weighted by Crippen LogP contribution is 2.27. The van der Waals surface area contributed by atoms with Gasteiger partial charge in [0.1, 0.15) is 5.82 Å². The number of amides is 2. The number of rotatable bonds is 5. The van der Waals surface area contributed by atoms with Crippen LogP contribution < -0.4 is 10.2 Å². The first-order chi connectivity index (χ1) is 17.4. The van der Waals surface area contributed by atoms with E-state index in [9.17, 15) is 9.59 Å². The van der Waals surface area contributed by atoms with Crippen LogP contribution in [0.3, 0.4) is 0 Å². The Morgan fingerprint density at radius 3 is 2.26 bits per heavy atom. The Morgan fingerprint density at radius 1 is 0.923 bits per heavy atom. The second-order valence-electron chi connectivity index (χ2n) is 8.54. The maximum Gasteiger partial charge on any atom is 0.258 e. The summed E-state index contributed by atoms with van der Waals surface area (Å²) < 4.78 is 1.85. The normalized spacial score (nSPS) is 12.7. The number of halogens is 5. The van der Waals surface area contributed by atoms with Crippen molar-refractivity contribution in [2.75, 3.05) is 36.4 Å². The molecule has 1 aromatic carbocycles. The molecule has 39 heavy (non-hydrogen) atoms. The van der Waals surface area contributed by atoms with Crippen molar-refractivity contribution in [3.8, 4) is 0 Å². The minimum atomic E-state index is -0.428. The number of hydrogen-bond acceptors (Lipinski definition) is 5. The van der Waals surface area contributed by atoms with E-state index in [2.05, 4.69) is 20.2 Å². The average Bonchev–Trinajstić information content (AvgIpc) is 3.20. The largest absolute Gasteiger partial charge is 0.353 e. The first-order valence-corrected chi connectivity index (χ1v) is 12.3. The Morgan fingerprint density at radius 2 is 1.62 bits per heavy atom. The highest BCUT2D eigenvalue weighted by molar-refractivity contribution is 6.40. The van der Waals surface area contributed by atoms with Crippen molar-refractivity contribution in [1.82, 2.24) is 19.3 Å². The van der Waals surface area contributed by atoms with Crippen molar-refractivity contribution >= 4 is 89.4 Å². The molecule has 0 saturated carbocycles. The Labute approximate surface area is 254 Å². The molecule has 4 aromatic rings. The topological polar surface area (TPSA) is 82.8 Å². The van der Waals surface area contributed by atoms with Crippen LogP contribution >= 0.6 is 60.4 Å². The van der Waals surface area contributed by atoms with Crippen molar-refractivity contribution in [2.45, 2.75) is 13.3 Å². The standard InChI is InChI=1S/C26H24Cl2N6O2.3ClH/c1-17-21(16-23(35)33-14-12-32(13-15-33)22-9-2-3-10-29-22)34-11-5-8-20(25(34)30-17)31-26(36)24-18(27)6-4-7-19(24)28;;;/h2-11H,12-16H2,1H3,(H,31,36);3*1H. The minimum absolute atomic E-state index is 0. The summed E-state index contributed by atoms with van der Waals surface area (Å²) in [6.07, 6.45) is 3.83. The van der Waals surface area contributed by atoms with Gasteiger partial charge < -0.3 is 19.5 Å². The third-order valence-electron chi connectivity index (χ3n) is 6.31. The molecule has 0 atom stereocenters. The molecular weight excluding hydrogens is 606 g/mol. The smallest absolute Gasteiger partial charge is 0.258 e. The molecular formula is C26H27Cl5N6O2. The van der Waals surface area contributed by atoms with Gasteiger partial charge in [0, 0.05) is 38.6 Å². The molecule has 1 saturated heterocycles. The number of aryl methyl sites for hydroxylation is 1. The first kappa shape index (κ1) is 32.5. The number of carbonyl (C=O) groups excluding carboxylic acids is 2. The molecule has 4 heterocycles. The van der Waals surface area contributed by atoms with Gasteiger partial charge in [-0.3, -0.25) is 9.59 Å². The molecule has 13 heteroatoms. The van der Waals surface area contributed by atoms with Gasteiger partial charge in [0.05, 0.1) is 39.1 Å². The van der Waals surface area contributed by atoms with E-state index in [-0.39, 0.29) is 65.2 Å². The lowest BCUT2D eigenvalue weighted by Crippen LogP contribution is -2.49. The van der Waals surface area contributed by atoms with E-state index in [0.29, 0.717) is 24.4 Å². The number of piperazine rings is 1.